The van der Waals surface area contributed by atoms with E-state index in [0.29, 0.717) is 10.8 Å². The Hall–Kier alpha value is -2.41. The van der Waals surface area contributed by atoms with Gasteiger partial charge in [-0.25, -0.2) is 9.67 Å². The van der Waals surface area contributed by atoms with Crippen LogP contribution in [0.5, 0.6) is 0 Å². The van der Waals surface area contributed by atoms with Gasteiger partial charge in [0.05, 0.1) is 12.2 Å². The predicted molar refractivity (Wildman–Crippen MR) is 89.2 cm³/mol. The molecule has 0 atom stereocenters. The third kappa shape index (κ3) is 3.73. The number of rotatable bonds is 5. The molecule has 0 aliphatic heterocycles. The molecule has 1 aliphatic carbocycles. The van der Waals surface area contributed by atoms with Gasteiger partial charge >= 0.3 is 0 Å². The van der Waals surface area contributed by atoms with E-state index in [0.717, 1.165) is 18.5 Å². The number of likely N-dealkylation sites (N-methyl/N-ethyl adjacent to an activating group) is 1. The van der Waals surface area contributed by atoms with Crippen LogP contribution < -0.4 is 5.32 Å². The lowest BCUT2D eigenvalue weighted by Crippen LogP contribution is -2.39. The number of hydrogen-bond donors (Lipinski definition) is 1. The molecule has 24 heavy (non-hydrogen) atoms. The summed E-state index contributed by atoms with van der Waals surface area (Å²) in [5.74, 6) is 0.0830. The van der Waals surface area contributed by atoms with E-state index in [1.165, 1.54) is 4.90 Å². The van der Waals surface area contributed by atoms with E-state index in [1.807, 2.05) is 0 Å². The summed E-state index contributed by atoms with van der Waals surface area (Å²) in [6.45, 7) is 1.75. The number of nitrogens with one attached hydrogen (secondary N) is 1. The Bertz CT molecular complexity index is 767. The number of aromatic nitrogens is 3. The van der Waals surface area contributed by atoms with E-state index in [1.54, 1.807) is 42.9 Å². The van der Waals surface area contributed by atoms with Gasteiger partial charge in [-0.15, -0.1) is 5.10 Å². The molecule has 1 heterocycles. The standard InChI is InChI=1S/C16H18ClN5O2/c1-10-18-15(20-22(10)13-7-3-11(17)4-8-13)16(24)21(2)9-14(23)19-12-5-6-12/h3-4,7-8,12H,5-6,9H2,1-2H3,(H,19,23). The SMILES string of the molecule is Cc1nc(C(=O)N(C)CC(=O)NC2CC2)nn1-c1ccc(Cl)cc1. The lowest BCUT2D eigenvalue weighted by Gasteiger charge is -2.14. The second-order valence-electron chi connectivity index (χ2n) is 5.87. The lowest BCUT2D eigenvalue weighted by molar-refractivity contribution is -0.121. The first-order valence-corrected chi connectivity index (χ1v) is 8.06. The summed E-state index contributed by atoms with van der Waals surface area (Å²) in [6, 6.07) is 7.35. The molecule has 0 spiro atoms. The van der Waals surface area contributed by atoms with E-state index in [9.17, 15) is 9.59 Å². The van der Waals surface area contributed by atoms with Gasteiger partial charge in [-0.1, -0.05) is 11.6 Å². The van der Waals surface area contributed by atoms with Crippen molar-refractivity contribution in [1.29, 1.82) is 0 Å². The molecule has 0 unspecified atom stereocenters. The fourth-order valence-electron chi connectivity index (χ4n) is 2.27. The first-order valence-electron chi connectivity index (χ1n) is 7.68. The number of nitrogens with zero attached hydrogens (tertiary/aromatic N) is 4. The van der Waals surface area contributed by atoms with Crippen LogP contribution in [0, 0.1) is 6.92 Å². The summed E-state index contributed by atoms with van der Waals surface area (Å²) in [6.07, 6.45) is 2.02. The van der Waals surface area contributed by atoms with Crippen molar-refractivity contribution < 1.29 is 9.59 Å². The highest BCUT2D eigenvalue weighted by Crippen LogP contribution is 2.18. The van der Waals surface area contributed by atoms with Gasteiger partial charge < -0.3 is 10.2 Å². The molecular formula is C16H18ClN5O2. The van der Waals surface area contributed by atoms with Crippen LogP contribution in [0.4, 0.5) is 0 Å². The molecule has 1 aromatic heterocycles. The highest BCUT2D eigenvalue weighted by molar-refractivity contribution is 6.30. The van der Waals surface area contributed by atoms with E-state index in [-0.39, 0.29) is 24.3 Å². The van der Waals surface area contributed by atoms with Crippen molar-refractivity contribution in [2.75, 3.05) is 13.6 Å². The van der Waals surface area contributed by atoms with Gasteiger partial charge in [-0.05, 0) is 44.0 Å². The molecule has 0 radical (unpaired) electrons. The summed E-state index contributed by atoms with van der Waals surface area (Å²) < 4.78 is 1.57. The van der Waals surface area contributed by atoms with Crippen LogP contribution >= 0.6 is 11.6 Å². The molecule has 1 saturated carbocycles. The normalized spacial score (nSPS) is 13.6. The van der Waals surface area contributed by atoms with Gasteiger partial charge in [0.2, 0.25) is 11.7 Å². The summed E-state index contributed by atoms with van der Waals surface area (Å²) in [4.78, 5) is 29.7. The van der Waals surface area contributed by atoms with Crippen molar-refractivity contribution in [2.24, 2.45) is 0 Å². The molecule has 1 aromatic carbocycles. The first kappa shape index (κ1) is 16.4. The predicted octanol–water partition coefficient (Wildman–Crippen LogP) is 1.58. The third-order valence-corrected chi connectivity index (χ3v) is 3.95. The second-order valence-corrected chi connectivity index (χ2v) is 6.31. The minimum atomic E-state index is -0.392. The van der Waals surface area contributed by atoms with Gasteiger partial charge in [0.15, 0.2) is 0 Å². The van der Waals surface area contributed by atoms with Gasteiger partial charge in [0, 0.05) is 18.1 Å². The van der Waals surface area contributed by atoms with Crippen LogP contribution in [-0.2, 0) is 4.79 Å². The smallest absolute Gasteiger partial charge is 0.293 e. The quantitative estimate of drug-likeness (QED) is 0.890. The average Bonchev–Trinajstić information content (AvgIpc) is 3.27. The zero-order valence-electron chi connectivity index (χ0n) is 13.5. The molecule has 0 bridgehead atoms. The molecule has 1 aliphatic rings. The van der Waals surface area contributed by atoms with Gasteiger partial charge in [-0.3, -0.25) is 9.59 Å². The van der Waals surface area contributed by atoms with E-state index < -0.39 is 5.91 Å². The number of amides is 2. The van der Waals surface area contributed by atoms with Crippen LogP contribution in [0.2, 0.25) is 5.02 Å². The number of aryl methyl sites for hydroxylation is 1. The maximum atomic E-state index is 12.4. The van der Waals surface area contributed by atoms with Gasteiger partial charge in [-0.2, -0.15) is 0 Å². The lowest BCUT2D eigenvalue weighted by atomic mass is 10.3. The Morgan fingerprint density at radius 2 is 2.00 bits per heavy atom. The Morgan fingerprint density at radius 3 is 2.62 bits per heavy atom. The molecule has 8 heteroatoms. The van der Waals surface area contributed by atoms with Gasteiger partial charge in [0.1, 0.15) is 5.82 Å². The van der Waals surface area contributed by atoms with E-state index in [2.05, 4.69) is 15.4 Å². The van der Waals surface area contributed by atoms with Gasteiger partial charge in [0.25, 0.3) is 5.91 Å². The largest absolute Gasteiger partial charge is 0.352 e. The Balaban J connectivity index is 1.71. The van der Waals surface area contributed by atoms with Crippen molar-refractivity contribution in [1.82, 2.24) is 25.0 Å². The molecule has 7 nitrogen and oxygen atoms in total. The maximum Gasteiger partial charge on any atom is 0.293 e. The molecular weight excluding hydrogens is 330 g/mol. The van der Waals surface area contributed by atoms with Crippen molar-refractivity contribution in [3.8, 4) is 5.69 Å². The van der Waals surface area contributed by atoms with Crippen molar-refractivity contribution >= 4 is 23.4 Å². The van der Waals surface area contributed by atoms with Crippen LogP contribution in [0.3, 0.4) is 0 Å². The van der Waals surface area contributed by atoms with Crippen molar-refractivity contribution in [2.45, 2.75) is 25.8 Å². The zero-order chi connectivity index (χ0) is 17.3. The first-order chi connectivity index (χ1) is 11.4. The molecule has 1 N–H and O–H groups in total. The molecule has 2 aromatic rings. The summed E-state index contributed by atoms with van der Waals surface area (Å²) in [5, 5.41) is 7.72. The minimum absolute atomic E-state index is 0.0101. The van der Waals surface area contributed by atoms with Crippen LogP contribution in [-0.4, -0.2) is 51.1 Å². The fourth-order valence-corrected chi connectivity index (χ4v) is 2.39. The monoisotopic (exact) mass is 347 g/mol. The summed E-state index contributed by atoms with van der Waals surface area (Å²) >= 11 is 5.88. The third-order valence-electron chi connectivity index (χ3n) is 3.70. The zero-order valence-corrected chi connectivity index (χ0v) is 14.2. The highest BCUT2D eigenvalue weighted by Gasteiger charge is 2.25. The number of benzene rings is 1. The second kappa shape index (κ2) is 6.60. The molecule has 3 rings (SSSR count). The number of halogens is 1. The van der Waals surface area contributed by atoms with Crippen LogP contribution in [0.15, 0.2) is 24.3 Å². The van der Waals surface area contributed by atoms with E-state index in [4.69, 9.17) is 11.6 Å². The van der Waals surface area contributed by atoms with Crippen LogP contribution in [0.1, 0.15) is 29.3 Å². The molecule has 0 saturated heterocycles. The minimum Gasteiger partial charge on any atom is -0.352 e. The van der Waals surface area contributed by atoms with Crippen LogP contribution in [0.25, 0.3) is 5.69 Å². The number of carbonyl (C=O) groups excluding carboxylic acids is 2. The number of hydrogen-bond acceptors (Lipinski definition) is 4. The Kier molecular flexibility index (Phi) is 4.53. The summed E-state index contributed by atoms with van der Waals surface area (Å²) in [5.41, 5.74) is 0.762. The molecule has 2 amide bonds. The van der Waals surface area contributed by atoms with E-state index >= 15 is 0 Å². The number of carbonyl (C=O) groups is 2. The van der Waals surface area contributed by atoms with Crippen molar-refractivity contribution in [3.63, 3.8) is 0 Å². The fraction of sp³-hybridized carbons (Fsp3) is 0.375. The maximum absolute atomic E-state index is 12.4. The average molecular weight is 348 g/mol. The van der Waals surface area contributed by atoms with Crippen molar-refractivity contribution in [3.05, 3.63) is 40.9 Å². The molecule has 126 valence electrons. The Labute approximate surface area is 144 Å². The molecule has 1 fully saturated rings. The topological polar surface area (TPSA) is 80.1 Å². The summed E-state index contributed by atoms with van der Waals surface area (Å²) in [7, 11) is 1.56. The Morgan fingerprint density at radius 1 is 1.33 bits per heavy atom. The highest BCUT2D eigenvalue weighted by atomic mass is 35.5.